The number of nitrogens with one attached hydrogen (secondary N) is 1. The van der Waals surface area contributed by atoms with Gasteiger partial charge in [-0.25, -0.2) is 0 Å². The predicted octanol–water partition coefficient (Wildman–Crippen LogP) is 1.59. The van der Waals surface area contributed by atoms with E-state index in [2.05, 4.69) is 5.32 Å². The number of pyridine rings is 1. The summed E-state index contributed by atoms with van der Waals surface area (Å²) in [6.07, 6.45) is 3.85. The molecular weight excluding hydrogens is 240 g/mol. The van der Waals surface area contributed by atoms with Crippen molar-refractivity contribution in [2.75, 3.05) is 0 Å². The molecule has 1 aromatic heterocycles. The number of hydrogen-bond acceptors (Lipinski definition) is 2. The Kier molecular flexibility index (Phi) is 2.85. The lowest BCUT2D eigenvalue weighted by molar-refractivity contribution is -0.121. The van der Waals surface area contributed by atoms with E-state index in [9.17, 15) is 9.59 Å². The monoisotopic (exact) mass is 256 g/mol. The van der Waals surface area contributed by atoms with Crippen LogP contribution >= 0.6 is 0 Å². The van der Waals surface area contributed by atoms with Crippen LogP contribution in [0.2, 0.25) is 0 Å². The molecule has 4 heteroatoms. The molecule has 1 saturated carbocycles. The summed E-state index contributed by atoms with van der Waals surface area (Å²) in [4.78, 5) is 23.7. The van der Waals surface area contributed by atoms with Gasteiger partial charge in [0.1, 0.15) is 6.54 Å². The SMILES string of the molecule is Cc1ccc2c(c1)c(=O)ccn2CC(=O)NC1CC1. The zero-order valence-corrected chi connectivity index (χ0v) is 10.8. The maximum absolute atomic E-state index is 11.8. The molecule has 1 fully saturated rings. The van der Waals surface area contributed by atoms with Gasteiger partial charge in [0, 0.05) is 23.7 Å². The summed E-state index contributed by atoms with van der Waals surface area (Å²) < 4.78 is 1.83. The molecule has 3 rings (SSSR count). The number of aryl methyl sites for hydroxylation is 1. The van der Waals surface area contributed by atoms with Crippen molar-refractivity contribution in [2.24, 2.45) is 0 Å². The normalized spacial score (nSPS) is 14.6. The standard InChI is InChI=1S/C15H16N2O2/c1-10-2-5-13-12(8-10)14(18)6-7-17(13)9-15(19)16-11-3-4-11/h2,5-8,11H,3-4,9H2,1H3,(H,16,19). The Labute approximate surface area is 111 Å². The van der Waals surface area contributed by atoms with Crippen LogP contribution in [0.5, 0.6) is 0 Å². The largest absolute Gasteiger partial charge is 0.352 e. The van der Waals surface area contributed by atoms with Crippen LogP contribution in [0.25, 0.3) is 10.9 Å². The molecule has 0 unspecified atom stereocenters. The van der Waals surface area contributed by atoms with E-state index in [1.165, 1.54) is 6.07 Å². The third-order valence-corrected chi connectivity index (χ3v) is 3.39. The number of rotatable bonds is 3. The van der Waals surface area contributed by atoms with Gasteiger partial charge in [0.05, 0.1) is 5.52 Å². The Bertz CT molecular complexity index is 699. The minimum atomic E-state index is -0.00227. The Balaban J connectivity index is 1.96. The predicted molar refractivity (Wildman–Crippen MR) is 74.1 cm³/mol. The average molecular weight is 256 g/mol. The van der Waals surface area contributed by atoms with E-state index in [-0.39, 0.29) is 17.9 Å². The molecule has 0 radical (unpaired) electrons. The molecule has 0 spiro atoms. The summed E-state index contributed by atoms with van der Waals surface area (Å²) in [5, 5.41) is 3.62. The zero-order chi connectivity index (χ0) is 13.4. The summed E-state index contributed by atoms with van der Waals surface area (Å²) in [6.45, 7) is 2.21. The Hall–Kier alpha value is -2.10. The molecule has 0 bridgehead atoms. The first kappa shape index (κ1) is 12.0. The van der Waals surface area contributed by atoms with Crippen molar-refractivity contribution in [1.82, 2.24) is 9.88 Å². The lowest BCUT2D eigenvalue weighted by atomic mass is 10.1. The number of aromatic nitrogens is 1. The number of nitrogens with zero attached hydrogens (tertiary/aromatic N) is 1. The number of benzene rings is 1. The van der Waals surface area contributed by atoms with Gasteiger partial charge in [0.25, 0.3) is 0 Å². The Morgan fingerprint density at radius 2 is 2.16 bits per heavy atom. The quantitative estimate of drug-likeness (QED) is 0.906. The molecule has 1 heterocycles. The van der Waals surface area contributed by atoms with Crippen LogP contribution in [-0.2, 0) is 11.3 Å². The van der Waals surface area contributed by atoms with E-state index < -0.39 is 0 Å². The maximum atomic E-state index is 11.8. The summed E-state index contributed by atoms with van der Waals surface area (Å²) >= 11 is 0. The zero-order valence-electron chi connectivity index (χ0n) is 10.8. The maximum Gasteiger partial charge on any atom is 0.240 e. The second-order valence-electron chi connectivity index (χ2n) is 5.17. The summed E-state index contributed by atoms with van der Waals surface area (Å²) in [5.74, 6) is 0.00743. The van der Waals surface area contributed by atoms with E-state index >= 15 is 0 Å². The van der Waals surface area contributed by atoms with Gasteiger partial charge in [-0.1, -0.05) is 11.6 Å². The van der Waals surface area contributed by atoms with Crippen molar-refractivity contribution in [3.63, 3.8) is 0 Å². The van der Waals surface area contributed by atoms with Crippen LogP contribution in [0.4, 0.5) is 0 Å². The molecule has 98 valence electrons. The van der Waals surface area contributed by atoms with Gasteiger partial charge in [0.15, 0.2) is 5.43 Å². The van der Waals surface area contributed by atoms with Crippen LogP contribution in [0.3, 0.4) is 0 Å². The van der Waals surface area contributed by atoms with E-state index in [1.807, 2.05) is 29.7 Å². The fourth-order valence-electron chi connectivity index (χ4n) is 2.22. The molecule has 1 amide bonds. The highest BCUT2D eigenvalue weighted by atomic mass is 16.2. The van der Waals surface area contributed by atoms with Crippen LogP contribution < -0.4 is 10.7 Å². The number of fused-ring (bicyclic) bond motifs is 1. The summed E-state index contributed by atoms with van der Waals surface area (Å²) in [5.41, 5.74) is 1.85. The van der Waals surface area contributed by atoms with E-state index in [1.54, 1.807) is 6.20 Å². The van der Waals surface area contributed by atoms with Crippen molar-refractivity contribution < 1.29 is 4.79 Å². The topological polar surface area (TPSA) is 51.1 Å². The number of amides is 1. The Morgan fingerprint density at radius 1 is 1.37 bits per heavy atom. The second-order valence-corrected chi connectivity index (χ2v) is 5.17. The fraction of sp³-hybridized carbons (Fsp3) is 0.333. The summed E-state index contributed by atoms with van der Waals surface area (Å²) in [7, 11) is 0. The molecule has 1 aliphatic rings. The molecular formula is C15H16N2O2. The molecule has 0 atom stereocenters. The van der Waals surface area contributed by atoms with Gasteiger partial charge < -0.3 is 9.88 Å². The van der Waals surface area contributed by atoms with Crippen molar-refractivity contribution in [1.29, 1.82) is 0 Å². The van der Waals surface area contributed by atoms with E-state index in [0.29, 0.717) is 11.4 Å². The van der Waals surface area contributed by atoms with Crippen LogP contribution in [0, 0.1) is 6.92 Å². The van der Waals surface area contributed by atoms with Crippen molar-refractivity contribution in [3.8, 4) is 0 Å². The van der Waals surface area contributed by atoms with Crippen LogP contribution in [0.1, 0.15) is 18.4 Å². The number of carbonyl (C=O) groups excluding carboxylic acids is 1. The van der Waals surface area contributed by atoms with Crippen LogP contribution in [0.15, 0.2) is 35.3 Å². The van der Waals surface area contributed by atoms with Crippen molar-refractivity contribution in [2.45, 2.75) is 32.4 Å². The van der Waals surface area contributed by atoms with E-state index in [4.69, 9.17) is 0 Å². The minimum absolute atomic E-state index is 0.00227. The van der Waals surface area contributed by atoms with Crippen molar-refractivity contribution in [3.05, 3.63) is 46.2 Å². The lowest BCUT2D eigenvalue weighted by Crippen LogP contribution is -2.29. The highest BCUT2D eigenvalue weighted by Gasteiger charge is 2.23. The van der Waals surface area contributed by atoms with Gasteiger partial charge in [-0.3, -0.25) is 9.59 Å². The average Bonchev–Trinajstić information content (AvgIpc) is 3.17. The molecule has 4 nitrogen and oxygen atoms in total. The highest BCUT2D eigenvalue weighted by molar-refractivity contribution is 5.82. The van der Waals surface area contributed by atoms with Gasteiger partial charge in [-0.15, -0.1) is 0 Å². The molecule has 19 heavy (non-hydrogen) atoms. The van der Waals surface area contributed by atoms with E-state index in [0.717, 1.165) is 23.9 Å². The molecule has 1 N–H and O–H groups in total. The molecule has 1 aromatic carbocycles. The first-order valence-electron chi connectivity index (χ1n) is 6.53. The summed E-state index contributed by atoms with van der Waals surface area (Å²) in [6, 6.07) is 7.60. The van der Waals surface area contributed by atoms with Crippen LogP contribution in [-0.4, -0.2) is 16.5 Å². The first-order chi connectivity index (χ1) is 9.13. The van der Waals surface area contributed by atoms with Gasteiger partial charge in [0.2, 0.25) is 5.91 Å². The Morgan fingerprint density at radius 3 is 2.89 bits per heavy atom. The third kappa shape index (κ3) is 2.52. The lowest BCUT2D eigenvalue weighted by Gasteiger charge is -2.11. The molecule has 0 aliphatic heterocycles. The number of hydrogen-bond donors (Lipinski definition) is 1. The number of carbonyl (C=O) groups is 1. The van der Waals surface area contributed by atoms with Gasteiger partial charge in [-0.05, 0) is 31.9 Å². The second kappa shape index (κ2) is 4.53. The molecule has 0 saturated heterocycles. The molecule has 1 aliphatic carbocycles. The van der Waals surface area contributed by atoms with Gasteiger partial charge in [-0.2, -0.15) is 0 Å². The highest BCUT2D eigenvalue weighted by Crippen LogP contribution is 2.18. The minimum Gasteiger partial charge on any atom is -0.352 e. The smallest absolute Gasteiger partial charge is 0.240 e. The van der Waals surface area contributed by atoms with Crippen molar-refractivity contribution >= 4 is 16.8 Å². The van der Waals surface area contributed by atoms with Gasteiger partial charge >= 0.3 is 0 Å². The molecule has 2 aromatic rings. The third-order valence-electron chi connectivity index (χ3n) is 3.39. The first-order valence-corrected chi connectivity index (χ1v) is 6.53. The fourth-order valence-corrected chi connectivity index (χ4v) is 2.22.